The zero-order chi connectivity index (χ0) is 20.0. The van der Waals surface area contributed by atoms with E-state index in [0.29, 0.717) is 21.2 Å². The van der Waals surface area contributed by atoms with Crippen molar-refractivity contribution in [1.82, 2.24) is 0 Å². The van der Waals surface area contributed by atoms with E-state index in [0.717, 1.165) is 12.1 Å². The van der Waals surface area contributed by atoms with E-state index >= 15 is 0 Å². The Morgan fingerprint density at radius 3 is 2.41 bits per heavy atom. The molecule has 0 aromatic heterocycles. The minimum Gasteiger partial charge on any atom is -0.503 e. The summed E-state index contributed by atoms with van der Waals surface area (Å²) in [6, 6.07) is 11.9. The van der Waals surface area contributed by atoms with Crippen LogP contribution in [0.15, 0.2) is 54.8 Å². The van der Waals surface area contributed by atoms with Gasteiger partial charge in [-0.05, 0) is 34.9 Å². The largest absolute Gasteiger partial charge is 0.503 e. The summed E-state index contributed by atoms with van der Waals surface area (Å²) in [6.07, 6.45) is -1.53. The Bertz CT molecular complexity index is 886. The Balaban J connectivity index is 2.51. The van der Waals surface area contributed by atoms with Crippen LogP contribution in [0.25, 0.3) is 16.1 Å². The van der Waals surface area contributed by atoms with Crippen molar-refractivity contribution >= 4 is 38.0 Å². The third-order valence-corrected chi connectivity index (χ3v) is 4.33. The van der Waals surface area contributed by atoms with Gasteiger partial charge in [-0.15, -0.1) is 0 Å². The van der Waals surface area contributed by atoms with Crippen LogP contribution in [0.1, 0.15) is 22.3 Å². The van der Waals surface area contributed by atoms with Crippen LogP contribution < -0.4 is 0 Å². The normalized spacial score (nSPS) is 12.7. The predicted octanol–water partition coefficient (Wildman–Crippen LogP) is 5.76. The number of esters is 1. The molecule has 0 aliphatic heterocycles. The van der Waals surface area contributed by atoms with E-state index in [1.807, 2.05) is 0 Å². The smallest absolute Gasteiger partial charge is 0.416 e. The molecular formula is C20H16BrF3O3. The fraction of sp³-hybridized carbons (Fsp3) is 0.150. The highest BCUT2D eigenvalue weighted by Gasteiger charge is 2.30. The van der Waals surface area contributed by atoms with E-state index in [2.05, 4.69) is 15.9 Å². The van der Waals surface area contributed by atoms with Crippen LogP contribution >= 0.6 is 15.9 Å². The number of rotatable bonds is 5. The maximum Gasteiger partial charge on any atom is 0.416 e. The van der Waals surface area contributed by atoms with E-state index in [4.69, 9.17) is 9.47 Å². The SMILES string of the molecule is COC=C(C(=O)OC)c1ccccc1C=C(Br)c1cccc(C(F)(F)F)c1. The van der Waals surface area contributed by atoms with Gasteiger partial charge in [-0.2, -0.15) is 13.2 Å². The first kappa shape index (κ1) is 20.8. The van der Waals surface area contributed by atoms with Crippen molar-refractivity contribution in [2.75, 3.05) is 14.2 Å². The van der Waals surface area contributed by atoms with Gasteiger partial charge in [-0.3, -0.25) is 0 Å². The lowest BCUT2D eigenvalue weighted by Gasteiger charge is -2.11. The fourth-order valence-corrected chi connectivity index (χ4v) is 2.87. The molecule has 0 bridgehead atoms. The number of benzene rings is 2. The van der Waals surface area contributed by atoms with E-state index in [-0.39, 0.29) is 5.57 Å². The van der Waals surface area contributed by atoms with Crippen molar-refractivity contribution < 1.29 is 27.4 Å². The second kappa shape index (κ2) is 8.90. The number of carbonyl (C=O) groups excluding carboxylic acids is 1. The molecule has 0 aliphatic carbocycles. The zero-order valence-corrected chi connectivity index (χ0v) is 16.1. The maximum atomic E-state index is 12.9. The highest BCUT2D eigenvalue weighted by molar-refractivity contribution is 9.15. The first-order valence-electron chi connectivity index (χ1n) is 7.73. The average molecular weight is 441 g/mol. The molecule has 0 N–H and O–H groups in total. The Labute approximate surface area is 163 Å². The molecule has 3 nitrogen and oxygen atoms in total. The molecule has 0 saturated heterocycles. The molecule has 27 heavy (non-hydrogen) atoms. The van der Waals surface area contributed by atoms with E-state index in [9.17, 15) is 18.0 Å². The van der Waals surface area contributed by atoms with Gasteiger partial charge in [0.15, 0.2) is 0 Å². The van der Waals surface area contributed by atoms with Gasteiger partial charge in [0.05, 0.1) is 26.0 Å². The Hall–Kier alpha value is -2.54. The lowest BCUT2D eigenvalue weighted by atomic mass is 9.99. The summed E-state index contributed by atoms with van der Waals surface area (Å²) in [5.41, 5.74) is 0.935. The van der Waals surface area contributed by atoms with Gasteiger partial charge in [0.1, 0.15) is 5.57 Å². The molecule has 0 amide bonds. The molecule has 7 heteroatoms. The number of methoxy groups -OCH3 is 2. The van der Waals surface area contributed by atoms with Gasteiger partial charge in [-0.25, -0.2) is 4.79 Å². The van der Waals surface area contributed by atoms with Crippen LogP contribution in [0.3, 0.4) is 0 Å². The topological polar surface area (TPSA) is 35.5 Å². The standard InChI is InChI=1S/C20H16BrF3O3/c1-26-12-17(19(25)27-2)16-9-4-3-6-13(16)11-18(21)14-7-5-8-15(10-14)20(22,23)24/h3-12H,1-2H3. The number of hydrogen-bond donors (Lipinski definition) is 0. The number of carbonyl (C=O) groups is 1. The van der Waals surface area contributed by atoms with Gasteiger partial charge >= 0.3 is 12.1 Å². The summed E-state index contributed by atoms with van der Waals surface area (Å²) < 4.78 is 49.0. The molecule has 0 atom stereocenters. The summed E-state index contributed by atoms with van der Waals surface area (Å²) in [6.45, 7) is 0. The molecule has 2 rings (SSSR count). The number of halogens is 4. The van der Waals surface area contributed by atoms with Crippen LogP contribution in [0.2, 0.25) is 0 Å². The van der Waals surface area contributed by atoms with Crippen LogP contribution in [0, 0.1) is 0 Å². The first-order chi connectivity index (χ1) is 12.8. The molecule has 0 saturated carbocycles. The average Bonchev–Trinajstić information content (AvgIpc) is 2.65. The van der Waals surface area contributed by atoms with Gasteiger partial charge in [0, 0.05) is 4.48 Å². The van der Waals surface area contributed by atoms with Crippen LogP contribution in [-0.2, 0) is 20.4 Å². The summed E-state index contributed by atoms with van der Waals surface area (Å²) in [5.74, 6) is -0.590. The number of ether oxygens (including phenoxy) is 2. The van der Waals surface area contributed by atoms with Crippen molar-refractivity contribution in [1.29, 1.82) is 0 Å². The quantitative estimate of drug-likeness (QED) is 0.256. The molecule has 0 fully saturated rings. The van der Waals surface area contributed by atoms with Gasteiger partial charge in [0.25, 0.3) is 0 Å². The van der Waals surface area contributed by atoms with Crippen molar-refractivity contribution in [2.45, 2.75) is 6.18 Å². The highest BCUT2D eigenvalue weighted by Crippen LogP contribution is 2.33. The third-order valence-electron chi connectivity index (χ3n) is 3.64. The highest BCUT2D eigenvalue weighted by atomic mass is 79.9. The lowest BCUT2D eigenvalue weighted by molar-refractivity contribution is -0.137. The van der Waals surface area contributed by atoms with Crippen LogP contribution in [0.5, 0.6) is 0 Å². The zero-order valence-electron chi connectivity index (χ0n) is 14.5. The van der Waals surface area contributed by atoms with Crippen molar-refractivity contribution in [2.24, 2.45) is 0 Å². The van der Waals surface area contributed by atoms with Crippen molar-refractivity contribution in [3.8, 4) is 0 Å². The molecular weight excluding hydrogens is 425 g/mol. The Morgan fingerprint density at radius 2 is 1.78 bits per heavy atom. The minimum atomic E-state index is -4.43. The lowest BCUT2D eigenvalue weighted by Crippen LogP contribution is -2.06. The molecule has 142 valence electrons. The minimum absolute atomic E-state index is 0.191. The molecule has 0 unspecified atom stereocenters. The summed E-state index contributed by atoms with van der Waals surface area (Å²) >= 11 is 3.33. The maximum absolute atomic E-state index is 12.9. The van der Waals surface area contributed by atoms with Gasteiger partial charge in [0.2, 0.25) is 0 Å². The summed E-state index contributed by atoms with van der Waals surface area (Å²) in [5, 5.41) is 0. The Morgan fingerprint density at radius 1 is 1.07 bits per heavy atom. The monoisotopic (exact) mass is 440 g/mol. The Kier molecular flexibility index (Phi) is 6.85. The number of hydrogen-bond acceptors (Lipinski definition) is 3. The molecule has 0 heterocycles. The van der Waals surface area contributed by atoms with Crippen LogP contribution in [-0.4, -0.2) is 20.2 Å². The van der Waals surface area contributed by atoms with E-state index in [1.165, 1.54) is 26.5 Å². The molecule has 2 aromatic rings. The van der Waals surface area contributed by atoms with E-state index < -0.39 is 17.7 Å². The molecule has 2 aromatic carbocycles. The van der Waals surface area contributed by atoms with Crippen LogP contribution in [0.4, 0.5) is 13.2 Å². The first-order valence-corrected chi connectivity index (χ1v) is 8.52. The second-order valence-corrected chi connectivity index (χ2v) is 6.27. The second-order valence-electron chi connectivity index (χ2n) is 5.42. The van der Waals surface area contributed by atoms with Crippen molar-refractivity contribution in [3.63, 3.8) is 0 Å². The molecule has 0 aliphatic rings. The molecule has 0 radical (unpaired) electrons. The summed E-state index contributed by atoms with van der Waals surface area (Å²) in [7, 11) is 2.66. The summed E-state index contributed by atoms with van der Waals surface area (Å²) in [4.78, 5) is 12.0. The molecule has 0 spiro atoms. The predicted molar refractivity (Wildman–Crippen MR) is 102 cm³/mol. The van der Waals surface area contributed by atoms with Gasteiger partial charge in [-0.1, -0.05) is 52.3 Å². The van der Waals surface area contributed by atoms with Crippen molar-refractivity contribution in [3.05, 3.63) is 77.0 Å². The van der Waals surface area contributed by atoms with E-state index in [1.54, 1.807) is 36.4 Å². The fourth-order valence-electron chi connectivity index (χ4n) is 2.38. The number of alkyl halides is 3. The van der Waals surface area contributed by atoms with Gasteiger partial charge < -0.3 is 9.47 Å². The third kappa shape index (κ3) is 5.23.